The molecule has 4 aliphatic carbocycles. The summed E-state index contributed by atoms with van der Waals surface area (Å²) in [5.74, 6) is 1.28. The molecule has 4 rings (SSSR count). The monoisotopic (exact) mass is 462 g/mol. The van der Waals surface area contributed by atoms with E-state index < -0.39 is 5.97 Å². The number of carbonyl (C=O) groups is 3. The lowest BCUT2D eigenvalue weighted by Crippen LogP contribution is -2.59. The summed E-state index contributed by atoms with van der Waals surface area (Å²) in [6, 6.07) is 0. The molecule has 1 N–H and O–H groups in total. The van der Waals surface area contributed by atoms with Gasteiger partial charge in [0.25, 0.3) is 0 Å². The van der Waals surface area contributed by atoms with Gasteiger partial charge in [0, 0.05) is 26.2 Å². The zero-order valence-corrected chi connectivity index (χ0v) is 20.8. The molecular weight excluding hydrogens is 420 g/mol. The highest BCUT2D eigenvalue weighted by Crippen LogP contribution is 2.68. The van der Waals surface area contributed by atoms with Crippen LogP contribution < -0.4 is 0 Å². The van der Waals surface area contributed by atoms with E-state index in [4.69, 9.17) is 14.6 Å². The number of carboxylic acid groups (broad SMARTS) is 1. The lowest BCUT2D eigenvalue weighted by atomic mass is 9.44. The average Bonchev–Trinajstić information content (AvgIpc) is 3.04. The van der Waals surface area contributed by atoms with Gasteiger partial charge in [0.15, 0.2) is 0 Å². The van der Waals surface area contributed by atoms with Crippen molar-refractivity contribution in [1.82, 2.24) is 0 Å². The van der Waals surface area contributed by atoms with E-state index in [-0.39, 0.29) is 41.4 Å². The van der Waals surface area contributed by atoms with Gasteiger partial charge in [-0.1, -0.05) is 13.8 Å². The fraction of sp³-hybridized carbons (Fsp3) is 0.889. The number of rotatable bonds is 6. The Morgan fingerprint density at radius 1 is 0.879 bits per heavy atom. The highest BCUT2D eigenvalue weighted by atomic mass is 16.5. The molecule has 9 atom stereocenters. The number of carboxylic acids is 1. The van der Waals surface area contributed by atoms with Crippen LogP contribution in [0.15, 0.2) is 0 Å². The molecule has 4 saturated carbocycles. The van der Waals surface area contributed by atoms with Crippen LogP contribution in [0.2, 0.25) is 0 Å². The van der Waals surface area contributed by atoms with Gasteiger partial charge in [-0.15, -0.1) is 0 Å². The normalized spacial score (nSPS) is 44.2. The molecule has 0 amide bonds. The van der Waals surface area contributed by atoms with Crippen molar-refractivity contribution < 1.29 is 29.0 Å². The summed E-state index contributed by atoms with van der Waals surface area (Å²) in [7, 11) is 0. The van der Waals surface area contributed by atoms with Crippen LogP contribution in [-0.4, -0.2) is 35.2 Å². The first-order valence-electron chi connectivity index (χ1n) is 13.1. The molecular formula is C27H42O6. The van der Waals surface area contributed by atoms with Crippen molar-refractivity contribution in [2.45, 2.75) is 111 Å². The largest absolute Gasteiger partial charge is 0.481 e. The number of hydrogen-bond acceptors (Lipinski definition) is 5. The van der Waals surface area contributed by atoms with Gasteiger partial charge >= 0.3 is 17.9 Å². The van der Waals surface area contributed by atoms with Crippen molar-refractivity contribution in [2.75, 3.05) is 0 Å². The van der Waals surface area contributed by atoms with Crippen molar-refractivity contribution in [3.63, 3.8) is 0 Å². The maximum atomic E-state index is 12.1. The molecule has 0 aromatic rings. The smallest absolute Gasteiger partial charge is 0.303 e. The van der Waals surface area contributed by atoms with Gasteiger partial charge in [-0.2, -0.15) is 0 Å². The summed E-state index contributed by atoms with van der Waals surface area (Å²) in [4.78, 5) is 34.7. The van der Waals surface area contributed by atoms with Gasteiger partial charge in [0.05, 0.1) is 0 Å². The molecule has 6 nitrogen and oxygen atoms in total. The molecule has 0 aliphatic heterocycles. The molecule has 0 saturated heterocycles. The first kappa shape index (κ1) is 24.5. The van der Waals surface area contributed by atoms with E-state index in [1.807, 2.05) is 0 Å². The van der Waals surface area contributed by atoms with Crippen molar-refractivity contribution in [3.05, 3.63) is 0 Å². The molecule has 0 bridgehead atoms. The molecule has 0 radical (unpaired) electrons. The topological polar surface area (TPSA) is 89.9 Å². The Kier molecular flexibility index (Phi) is 6.85. The van der Waals surface area contributed by atoms with E-state index in [9.17, 15) is 14.4 Å². The quantitative estimate of drug-likeness (QED) is 0.534. The summed E-state index contributed by atoms with van der Waals surface area (Å²) in [6.45, 7) is 7.90. The number of ether oxygens (including phenoxy) is 2. The van der Waals surface area contributed by atoms with E-state index in [0.29, 0.717) is 29.6 Å². The SMILES string of the molecule is CC(=O)O[C@@H]1CC[C@@]2(C)[C@@H](C1)C[C@@H](OC(C)=O)[C@@H]1[C@@H]2CC[C@]2(C)[C@@H](CCCC(=O)O)CC[C@@H]12. The third-order valence-corrected chi connectivity index (χ3v) is 10.4. The predicted octanol–water partition coefficient (Wildman–Crippen LogP) is 5.37. The summed E-state index contributed by atoms with van der Waals surface area (Å²) >= 11 is 0. The molecule has 6 heteroatoms. The van der Waals surface area contributed by atoms with E-state index in [0.717, 1.165) is 57.8 Å². The van der Waals surface area contributed by atoms with Crippen LogP contribution in [-0.2, 0) is 23.9 Å². The second kappa shape index (κ2) is 9.22. The van der Waals surface area contributed by atoms with Crippen molar-refractivity contribution in [2.24, 2.45) is 40.4 Å². The third kappa shape index (κ3) is 4.55. The van der Waals surface area contributed by atoms with Gasteiger partial charge in [-0.25, -0.2) is 0 Å². The van der Waals surface area contributed by atoms with Crippen LogP contribution in [0.1, 0.15) is 98.3 Å². The van der Waals surface area contributed by atoms with Gasteiger partial charge in [0.1, 0.15) is 12.2 Å². The number of carbonyl (C=O) groups excluding carboxylic acids is 2. The first-order valence-corrected chi connectivity index (χ1v) is 13.1. The summed E-state index contributed by atoms with van der Waals surface area (Å²) < 4.78 is 11.7. The maximum absolute atomic E-state index is 12.1. The van der Waals surface area contributed by atoms with E-state index in [1.54, 1.807) is 0 Å². The molecule has 0 spiro atoms. The van der Waals surface area contributed by atoms with E-state index in [2.05, 4.69) is 13.8 Å². The minimum absolute atomic E-state index is 0.0194. The van der Waals surface area contributed by atoms with E-state index >= 15 is 0 Å². The Hall–Kier alpha value is -1.59. The van der Waals surface area contributed by atoms with Crippen LogP contribution in [0.25, 0.3) is 0 Å². The lowest BCUT2D eigenvalue weighted by Gasteiger charge is -2.62. The highest BCUT2D eigenvalue weighted by molar-refractivity contribution is 5.67. The molecule has 0 aromatic carbocycles. The zero-order valence-electron chi connectivity index (χ0n) is 20.8. The van der Waals surface area contributed by atoms with Crippen molar-refractivity contribution in [1.29, 1.82) is 0 Å². The predicted molar refractivity (Wildman–Crippen MR) is 123 cm³/mol. The molecule has 0 aromatic heterocycles. The summed E-state index contributed by atoms with van der Waals surface area (Å²) in [5.41, 5.74) is 0.400. The van der Waals surface area contributed by atoms with Gasteiger partial charge in [0.2, 0.25) is 0 Å². The minimum Gasteiger partial charge on any atom is -0.481 e. The zero-order chi connectivity index (χ0) is 24.0. The van der Waals surface area contributed by atoms with Gasteiger partial charge in [-0.05, 0) is 98.7 Å². The molecule has 0 heterocycles. The maximum Gasteiger partial charge on any atom is 0.303 e. The number of hydrogen-bond donors (Lipinski definition) is 1. The highest BCUT2D eigenvalue weighted by Gasteiger charge is 2.63. The molecule has 4 fully saturated rings. The second-order valence-corrected chi connectivity index (χ2v) is 12.0. The molecule has 186 valence electrons. The molecule has 0 unspecified atom stereocenters. The first-order chi connectivity index (χ1) is 15.5. The second-order valence-electron chi connectivity index (χ2n) is 12.0. The average molecular weight is 463 g/mol. The fourth-order valence-corrected chi connectivity index (χ4v) is 8.92. The van der Waals surface area contributed by atoms with Crippen LogP contribution in [0, 0.1) is 40.4 Å². The fourth-order valence-electron chi connectivity index (χ4n) is 8.92. The van der Waals surface area contributed by atoms with E-state index in [1.165, 1.54) is 20.3 Å². The summed E-state index contributed by atoms with van der Waals surface area (Å²) in [5, 5.41) is 9.09. The van der Waals surface area contributed by atoms with Crippen molar-refractivity contribution >= 4 is 17.9 Å². The third-order valence-electron chi connectivity index (χ3n) is 10.4. The summed E-state index contributed by atoms with van der Waals surface area (Å²) in [6.07, 6.45) is 10.3. The van der Waals surface area contributed by atoms with Crippen LogP contribution in [0.4, 0.5) is 0 Å². The Morgan fingerprint density at radius 2 is 1.55 bits per heavy atom. The number of fused-ring (bicyclic) bond motifs is 5. The Bertz CT molecular complexity index is 779. The number of aliphatic carboxylic acids is 1. The Balaban J connectivity index is 1.57. The molecule has 33 heavy (non-hydrogen) atoms. The standard InChI is InChI=1S/C27H42O6/c1-16(28)32-20-10-12-27(4)19(14-20)15-23(33-17(2)29)25-21-9-8-18(6-5-7-24(30)31)26(21,3)13-11-22(25)27/h18-23,25H,5-15H2,1-4H3,(H,30,31)/t18-,19-,20+,21-,22-,23+,25-,26+,27-/m0/s1. The Morgan fingerprint density at radius 3 is 2.21 bits per heavy atom. The lowest BCUT2D eigenvalue weighted by molar-refractivity contribution is -0.196. The van der Waals surface area contributed by atoms with Crippen molar-refractivity contribution in [3.8, 4) is 0 Å². The number of esters is 2. The van der Waals surface area contributed by atoms with Crippen LogP contribution in [0.5, 0.6) is 0 Å². The van der Waals surface area contributed by atoms with Gasteiger partial charge in [-0.3, -0.25) is 14.4 Å². The Labute approximate surface area is 198 Å². The van der Waals surface area contributed by atoms with Gasteiger partial charge < -0.3 is 14.6 Å². The van der Waals surface area contributed by atoms with Crippen LogP contribution in [0.3, 0.4) is 0 Å². The van der Waals surface area contributed by atoms with Crippen LogP contribution >= 0.6 is 0 Å². The molecule has 4 aliphatic rings. The minimum atomic E-state index is -0.705.